The summed E-state index contributed by atoms with van der Waals surface area (Å²) in [5.74, 6) is -0.135. The van der Waals surface area contributed by atoms with Crippen LogP contribution in [0.3, 0.4) is 0 Å². The van der Waals surface area contributed by atoms with Crippen molar-refractivity contribution in [2.75, 3.05) is 4.72 Å². The minimum Gasteiger partial charge on any atom is -0.452 e. The molecule has 0 aliphatic rings. The molecule has 2 aromatic rings. The van der Waals surface area contributed by atoms with Crippen LogP contribution in [0.1, 0.15) is 11.3 Å². The third-order valence-electron chi connectivity index (χ3n) is 2.71. The van der Waals surface area contributed by atoms with Crippen LogP contribution in [0.5, 0.6) is 0 Å². The number of benzene rings is 1. The maximum Gasteiger partial charge on any atom is 0.266 e. The Kier molecular flexibility index (Phi) is 4.76. The second-order valence-electron chi connectivity index (χ2n) is 4.24. The molecule has 0 atom stereocenters. The van der Waals surface area contributed by atoms with Gasteiger partial charge in [0, 0.05) is 6.07 Å². The summed E-state index contributed by atoms with van der Waals surface area (Å²) in [6.07, 6.45) is 0. The number of nitrogens with one attached hydrogen (secondary N) is 1. The van der Waals surface area contributed by atoms with Crippen molar-refractivity contribution in [2.24, 2.45) is 5.73 Å². The van der Waals surface area contributed by atoms with Crippen LogP contribution in [-0.4, -0.2) is 8.42 Å². The van der Waals surface area contributed by atoms with E-state index in [1.807, 2.05) is 0 Å². The molecule has 0 bridgehead atoms. The molecule has 5 nitrogen and oxygen atoms in total. The Morgan fingerprint density at radius 2 is 2.00 bits per heavy atom. The normalized spacial score (nSPS) is 11.7. The summed E-state index contributed by atoms with van der Waals surface area (Å²) in [6.45, 7) is 1.68. The van der Waals surface area contributed by atoms with E-state index in [9.17, 15) is 12.8 Å². The third kappa shape index (κ3) is 3.47. The molecule has 2 rings (SSSR count). The van der Waals surface area contributed by atoms with Crippen LogP contribution in [0.25, 0.3) is 0 Å². The molecule has 0 saturated carbocycles. The van der Waals surface area contributed by atoms with E-state index in [2.05, 4.69) is 36.6 Å². The number of halogens is 3. The molecule has 0 unspecified atom stereocenters. The first kappa shape index (κ1) is 16.5. The van der Waals surface area contributed by atoms with Crippen LogP contribution in [0, 0.1) is 12.7 Å². The number of sulfonamides is 1. The molecular weight excluding hydrogens is 431 g/mol. The number of furan rings is 1. The summed E-state index contributed by atoms with van der Waals surface area (Å²) >= 11 is 6.06. The molecule has 1 aromatic heterocycles. The molecule has 1 heterocycles. The first-order valence-corrected chi connectivity index (χ1v) is 8.78. The van der Waals surface area contributed by atoms with Crippen molar-refractivity contribution in [2.45, 2.75) is 18.4 Å². The third-order valence-corrected chi connectivity index (χ3v) is 5.54. The second kappa shape index (κ2) is 6.07. The van der Waals surface area contributed by atoms with Crippen molar-refractivity contribution >= 4 is 47.6 Å². The fourth-order valence-electron chi connectivity index (χ4n) is 1.64. The van der Waals surface area contributed by atoms with Crippen molar-refractivity contribution in [1.82, 2.24) is 0 Å². The van der Waals surface area contributed by atoms with Crippen molar-refractivity contribution in [3.8, 4) is 0 Å². The topological polar surface area (TPSA) is 85.3 Å². The molecule has 0 saturated heterocycles. The van der Waals surface area contributed by atoms with Gasteiger partial charge >= 0.3 is 0 Å². The molecule has 114 valence electrons. The van der Waals surface area contributed by atoms with E-state index in [4.69, 9.17) is 10.2 Å². The van der Waals surface area contributed by atoms with E-state index in [0.717, 1.165) is 0 Å². The Morgan fingerprint density at radius 3 is 2.57 bits per heavy atom. The quantitative estimate of drug-likeness (QED) is 0.760. The Morgan fingerprint density at radius 1 is 1.33 bits per heavy atom. The van der Waals surface area contributed by atoms with Gasteiger partial charge in [-0.3, -0.25) is 4.72 Å². The standard InChI is InChI=1S/C12H11Br2FN2O3S/c1-6-2-9(15)8(13)4-10(6)17-21(18,19)11-3-7(5-16)20-12(11)14/h2-4,17H,5,16H2,1H3. The van der Waals surface area contributed by atoms with E-state index in [-0.39, 0.29) is 26.3 Å². The number of rotatable bonds is 4. The van der Waals surface area contributed by atoms with Crippen molar-refractivity contribution < 1.29 is 17.2 Å². The zero-order chi connectivity index (χ0) is 15.8. The van der Waals surface area contributed by atoms with Gasteiger partial charge in [0.25, 0.3) is 10.0 Å². The first-order chi connectivity index (χ1) is 9.74. The van der Waals surface area contributed by atoms with Crippen molar-refractivity contribution in [1.29, 1.82) is 0 Å². The van der Waals surface area contributed by atoms with Crippen molar-refractivity contribution in [3.63, 3.8) is 0 Å². The minimum absolute atomic E-state index is 0.0641. The van der Waals surface area contributed by atoms with Crippen LogP contribution in [0.4, 0.5) is 10.1 Å². The Labute approximate surface area is 138 Å². The lowest BCUT2D eigenvalue weighted by Crippen LogP contribution is -2.13. The Hall–Kier alpha value is -0.900. The average molecular weight is 442 g/mol. The summed E-state index contributed by atoms with van der Waals surface area (Å²) < 4.78 is 45.9. The molecule has 0 amide bonds. The molecule has 0 aliphatic carbocycles. The lowest BCUT2D eigenvalue weighted by Gasteiger charge is -2.10. The van der Waals surface area contributed by atoms with Gasteiger partial charge in [-0.25, -0.2) is 12.8 Å². The van der Waals surface area contributed by atoms with E-state index in [0.29, 0.717) is 11.3 Å². The highest BCUT2D eigenvalue weighted by Crippen LogP contribution is 2.30. The number of hydrogen-bond donors (Lipinski definition) is 2. The fourth-order valence-corrected chi connectivity index (χ4v) is 4.10. The molecule has 0 aliphatic heterocycles. The summed E-state index contributed by atoms with van der Waals surface area (Å²) in [5.41, 5.74) is 6.14. The molecule has 0 radical (unpaired) electrons. The molecule has 3 N–H and O–H groups in total. The highest BCUT2D eigenvalue weighted by atomic mass is 79.9. The zero-order valence-electron chi connectivity index (χ0n) is 10.8. The van der Waals surface area contributed by atoms with Crippen LogP contribution in [0.15, 0.2) is 36.7 Å². The van der Waals surface area contributed by atoms with E-state index >= 15 is 0 Å². The predicted molar refractivity (Wildman–Crippen MR) is 83.9 cm³/mol. The highest BCUT2D eigenvalue weighted by molar-refractivity contribution is 9.10. The van der Waals surface area contributed by atoms with Crippen LogP contribution < -0.4 is 10.5 Å². The molecule has 9 heteroatoms. The SMILES string of the molecule is Cc1cc(F)c(Br)cc1NS(=O)(=O)c1cc(CN)oc1Br. The van der Waals surface area contributed by atoms with Gasteiger partial charge in [-0.05, 0) is 56.5 Å². The molecule has 0 spiro atoms. The maximum absolute atomic E-state index is 13.4. The number of anilines is 1. The van der Waals surface area contributed by atoms with E-state index in [1.54, 1.807) is 6.92 Å². The van der Waals surface area contributed by atoms with Gasteiger partial charge in [0.15, 0.2) is 4.67 Å². The Bertz CT molecular complexity index is 790. The largest absolute Gasteiger partial charge is 0.452 e. The molecule has 0 fully saturated rings. The molecular formula is C12H11Br2FN2O3S. The van der Waals surface area contributed by atoms with Crippen LogP contribution >= 0.6 is 31.9 Å². The Balaban J connectivity index is 2.42. The highest BCUT2D eigenvalue weighted by Gasteiger charge is 2.23. The summed E-state index contributed by atoms with van der Waals surface area (Å²) in [6, 6.07) is 3.93. The maximum atomic E-state index is 13.4. The summed E-state index contributed by atoms with van der Waals surface area (Å²) in [4.78, 5) is -0.0669. The average Bonchev–Trinajstić information content (AvgIpc) is 2.78. The van der Waals surface area contributed by atoms with Gasteiger partial charge in [-0.15, -0.1) is 0 Å². The summed E-state index contributed by atoms with van der Waals surface area (Å²) in [5, 5.41) is 0. The van der Waals surface area contributed by atoms with Gasteiger partial charge in [0.2, 0.25) is 0 Å². The van der Waals surface area contributed by atoms with Crippen molar-refractivity contribution in [3.05, 3.63) is 44.5 Å². The van der Waals surface area contributed by atoms with Gasteiger partial charge in [0.1, 0.15) is 16.5 Å². The van der Waals surface area contributed by atoms with Gasteiger partial charge < -0.3 is 10.2 Å². The van der Waals surface area contributed by atoms with Gasteiger partial charge in [0.05, 0.1) is 16.7 Å². The van der Waals surface area contributed by atoms with Gasteiger partial charge in [-0.1, -0.05) is 0 Å². The lowest BCUT2D eigenvalue weighted by molar-refractivity contribution is 0.484. The lowest BCUT2D eigenvalue weighted by atomic mass is 10.2. The monoisotopic (exact) mass is 440 g/mol. The summed E-state index contributed by atoms with van der Waals surface area (Å²) in [7, 11) is -3.87. The first-order valence-electron chi connectivity index (χ1n) is 5.71. The number of aryl methyl sites for hydroxylation is 1. The second-order valence-corrected chi connectivity index (χ2v) is 7.47. The van der Waals surface area contributed by atoms with E-state index in [1.165, 1.54) is 18.2 Å². The van der Waals surface area contributed by atoms with Gasteiger partial charge in [-0.2, -0.15) is 0 Å². The number of hydrogen-bond acceptors (Lipinski definition) is 4. The zero-order valence-corrected chi connectivity index (χ0v) is 14.8. The minimum atomic E-state index is -3.87. The molecule has 21 heavy (non-hydrogen) atoms. The molecule has 1 aromatic carbocycles. The van der Waals surface area contributed by atoms with E-state index < -0.39 is 15.8 Å². The number of nitrogens with two attached hydrogens (primary N) is 1. The predicted octanol–water partition coefficient (Wildman–Crippen LogP) is 3.51. The smallest absolute Gasteiger partial charge is 0.266 e. The van der Waals surface area contributed by atoms with Crippen LogP contribution in [-0.2, 0) is 16.6 Å². The van der Waals surface area contributed by atoms with Crippen LogP contribution in [0.2, 0.25) is 0 Å². The fraction of sp³-hybridized carbons (Fsp3) is 0.167.